The second kappa shape index (κ2) is 8.66. The van der Waals surface area contributed by atoms with Crippen molar-refractivity contribution in [2.45, 2.75) is 20.5 Å². The van der Waals surface area contributed by atoms with E-state index in [0.29, 0.717) is 48.6 Å². The minimum absolute atomic E-state index is 0.0789. The van der Waals surface area contributed by atoms with Gasteiger partial charge in [0.05, 0.1) is 27.4 Å². The summed E-state index contributed by atoms with van der Waals surface area (Å²) in [5.41, 5.74) is 0.710. The van der Waals surface area contributed by atoms with Gasteiger partial charge in [-0.25, -0.2) is 0 Å². The van der Waals surface area contributed by atoms with Gasteiger partial charge in [-0.2, -0.15) is 0 Å². The molecule has 1 aromatic carbocycles. The average Bonchev–Trinajstić information content (AvgIpc) is 2.46. The first-order valence-electron chi connectivity index (χ1n) is 6.68. The van der Waals surface area contributed by atoms with Gasteiger partial charge in [0.2, 0.25) is 5.75 Å². The molecule has 0 amide bonds. The Kier molecular flexibility index (Phi) is 7.18. The number of benzene rings is 1. The lowest BCUT2D eigenvalue weighted by Gasteiger charge is -2.16. The predicted molar refractivity (Wildman–Crippen MR) is 76.6 cm³/mol. The SMILES string of the molecule is COc1cc(CO)cc(OC)c1OCCOCC(C)C. The van der Waals surface area contributed by atoms with Gasteiger partial charge >= 0.3 is 0 Å². The molecule has 0 aliphatic rings. The molecule has 5 nitrogen and oxygen atoms in total. The molecule has 1 rings (SSSR count). The maximum atomic E-state index is 9.19. The minimum Gasteiger partial charge on any atom is -0.493 e. The fourth-order valence-electron chi connectivity index (χ4n) is 1.69. The summed E-state index contributed by atoms with van der Waals surface area (Å²) in [5.74, 6) is 2.11. The third-order valence-electron chi connectivity index (χ3n) is 2.63. The molecule has 1 N–H and O–H groups in total. The number of aliphatic hydroxyl groups excluding tert-OH is 1. The van der Waals surface area contributed by atoms with E-state index in [0.717, 1.165) is 0 Å². The molecule has 20 heavy (non-hydrogen) atoms. The summed E-state index contributed by atoms with van der Waals surface area (Å²) in [4.78, 5) is 0. The van der Waals surface area contributed by atoms with Crippen molar-refractivity contribution in [2.24, 2.45) is 5.92 Å². The van der Waals surface area contributed by atoms with Crippen LogP contribution in [0.25, 0.3) is 0 Å². The van der Waals surface area contributed by atoms with E-state index in [1.54, 1.807) is 26.4 Å². The first-order chi connectivity index (χ1) is 9.62. The van der Waals surface area contributed by atoms with Crippen LogP contribution >= 0.6 is 0 Å². The monoisotopic (exact) mass is 284 g/mol. The van der Waals surface area contributed by atoms with Crippen molar-refractivity contribution >= 4 is 0 Å². The van der Waals surface area contributed by atoms with Gasteiger partial charge in [-0.15, -0.1) is 0 Å². The van der Waals surface area contributed by atoms with Crippen molar-refractivity contribution in [2.75, 3.05) is 34.0 Å². The molecule has 0 unspecified atom stereocenters. The van der Waals surface area contributed by atoms with Crippen LogP contribution in [0.5, 0.6) is 17.2 Å². The lowest BCUT2D eigenvalue weighted by molar-refractivity contribution is 0.0801. The second-order valence-electron chi connectivity index (χ2n) is 4.80. The number of hydrogen-bond donors (Lipinski definition) is 1. The highest BCUT2D eigenvalue weighted by molar-refractivity contribution is 5.53. The first-order valence-corrected chi connectivity index (χ1v) is 6.68. The fourth-order valence-corrected chi connectivity index (χ4v) is 1.69. The number of methoxy groups -OCH3 is 2. The Morgan fingerprint density at radius 3 is 2.10 bits per heavy atom. The molecule has 0 heterocycles. The van der Waals surface area contributed by atoms with Crippen LogP contribution in [0.2, 0.25) is 0 Å². The second-order valence-corrected chi connectivity index (χ2v) is 4.80. The Labute approximate surface area is 120 Å². The fraction of sp³-hybridized carbons (Fsp3) is 0.600. The third-order valence-corrected chi connectivity index (χ3v) is 2.63. The van der Waals surface area contributed by atoms with E-state index < -0.39 is 0 Å². The summed E-state index contributed by atoms with van der Waals surface area (Å²) in [6.07, 6.45) is 0. The van der Waals surface area contributed by atoms with Gasteiger partial charge in [0.1, 0.15) is 6.61 Å². The van der Waals surface area contributed by atoms with Gasteiger partial charge < -0.3 is 24.1 Å². The van der Waals surface area contributed by atoms with Crippen LogP contribution in [0.3, 0.4) is 0 Å². The minimum atomic E-state index is -0.0789. The van der Waals surface area contributed by atoms with E-state index in [4.69, 9.17) is 18.9 Å². The van der Waals surface area contributed by atoms with Crippen molar-refractivity contribution < 1.29 is 24.1 Å². The molecule has 0 aromatic heterocycles. The maximum Gasteiger partial charge on any atom is 0.203 e. The van der Waals surface area contributed by atoms with Gasteiger partial charge in [0.15, 0.2) is 11.5 Å². The normalized spacial score (nSPS) is 10.7. The number of ether oxygens (including phenoxy) is 4. The summed E-state index contributed by atoms with van der Waals surface area (Å²) in [5, 5.41) is 9.19. The quantitative estimate of drug-likeness (QED) is 0.705. The van der Waals surface area contributed by atoms with Crippen LogP contribution in [0.4, 0.5) is 0 Å². The van der Waals surface area contributed by atoms with E-state index in [-0.39, 0.29) is 6.61 Å². The molecule has 0 fully saturated rings. The Morgan fingerprint density at radius 2 is 1.65 bits per heavy atom. The average molecular weight is 284 g/mol. The number of hydrogen-bond acceptors (Lipinski definition) is 5. The molecule has 0 radical (unpaired) electrons. The number of rotatable bonds is 9. The molecule has 1 aromatic rings. The Morgan fingerprint density at radius 1 is 1.05 bits per heavy atom. The lowest BCUT2D eigenvalue weighted by atomic mass is 10.2. The van der Waals surface area contributed by atoms with Crippen molar-refractivity contribution in [3.63, 3.8) is 0 Å². The smallest absolute Gasteiger partial charge is 0.203 e. The van der Waals surface area contributed by atoms with Crippen molar-refractivity contribution in [1.29, 1.82) is 0 Å². The molecular weight excluding hydrogens is 260 g/mol. The van der Waals surface area contributed by atoms with Crippen LogP contribution in [0, 0.1) is 5.92 Å². The molecule has 0 saturated carbocycles. The van der Waals surface area contributed by atoms with Gasteiger partial charge in [0.25, 0.3) is 0 Å². The molecule has 0 aliphatic carbocycles. The summed E-state index contributed by atoms with van der Waals surface area (Å²) >= 11 is 0. The highest BCUT2D eigenvalue weighted by Gasteiger charge is 2.13. The molecule has 114 valence electrons. The molecule has 0 atom stereocenters. The van der Waals surface area contributed by atoms with Crippen molar-refractivity contribution in [1.82, 2.24) is 0 Å². The summed E-state index contributed by atoms with van der Waals surface area (Å²) in [6.45, 7) is 5.75. The summed E-state index contributed by atoms with van der Waals surface area (Å²) in [6, 6.07) is 3.46. The van der Waals surface area contributed by atoms with Gasteiger partial charge in [-0.05, 0) is 23.6 Å². The molecule has 0 saturated heterocycles. The van der Waals surface area contributed by atoms with E-state index in [9.17, 15) is 5.11 Å². The van der Waals surface area contributed by atoms with Crippen molar-refractivity contribution in [3.05, 3.63) is 17.7 Å². The Bertz CT molecular complexity index is 378. The van der Waals surface area contributed by atoms with E-state index in [2.05, 4.69) is 13.8 Å². The predicted octanol–water partition coefficient (Wildman–Crippen LogP) is 2.25. The first kappa shape index (κ1) is 16.6. The molecule has 0 bridgehead atoms. The Balaban J connectivity index is 2.67. The van der Waals surface area contributed by atoms with Crippen LogP contribution in [-0.2, 0) is 11.3 Å². The summed E-state index contributed by atoms with van der Waals surface area (Å²) < 4.78 is 21.7. The zero-order valence-electron chi connectivity index (χ0n) is 12.6. The molecule has 0 spiro atoms. The molecule has 0 aliphatic heterocycles. The lowest BCUT2D eigenvalue weighted by Crippen LogP contribution is -2.11. The zero-order chi connectivity index (χ0) is 15.0. The van der Waals surface area contributed by atoms with Crippen LogP contribution in [-0.4, -0.2) is 39.1 Å². The summed E-state index contributed by atoms with van der Waals surface area (Å²) in [7, 11) is 3.11. The van der Waals surface area contributed by atoms with Crippen LogP contribution in [0.15, 0.2) is 12.1 Å². The molecule has 5 heteroatoms. The molecular formula is C15H24O5. The third kappa shape index (κ3) is 4.90. The largest absolute Gasteiger partial charge is 0.493 e. The van der Waals surface area contributed by atoms with E-state index >= 15 is 0 Å². The van der Waals surface area contributed by atoms with Crippen LogP contribution < -0.4 is 14.2 Å². The van der Waals surface area contributed by atoms with Gasteiger partial charge in [-0.1, -0.05) is 13.8 Å². The van der Waals surface area contributed by atoms with E-state index in [1.807, 2.05) is 0 Å². The zero-order valence-corrected chi connectivity index (χ0v) is 12.6. The van der Waals surface area contributed by atoms with Crippen molar-refractivity contribution in [3.8, 4) is 17.2 Å². The highest BCUT2D eigenvalue weighted by Crippen LogP contribution is 2.38. The van der Waals surface area contributed by atoms with Crippen LogP contribution in [0.1, 0.15) is 19.4 Å². The van der Waals surface area contributed by atoms with Gasteiger partial charge in [0, 0.05) is 6.61 Å². The highest BCUT2D eigenvalue weighted by atomic mass is 16.6. The van der Waals surface area contributed by atoms with E-state index in [1.165, 1.54) is 0 Å². The Hall–Kier alpha value is -1.46. The standard InChI is InChI=1S/C15H24O5/c1-11(2)10-19-5-6-20-15-13(17-3)7-12(9-16)8-14(15)18-4/h7-8,11,16H,5-6,9-10H2,1-4H3. The van der Waals surface area contributed by atoms with Gasteiger partial charge in [-0.3, -0.25) is 0 Å². The maximum absolute atomic E-state index is 9.19. The topological polar surface area (TPSA) is 57.2 Å². The number of aliphatic hydroxyl groups is 1.